The van der Waals surface area contributed by atoms with E-state index < -0.39 is 6.29 Å². The number of hydrogen-bond donors (Lipinski definition) is 2. The number of aliphatic imine (C=N–C) groups is 1. The van der Waals surface area contributed by atoms with Crippen LogP contribution in [0.25, 0.3) is 0 Å². The van der Waals surface area contributed by atoms with Crippen LogP contribution in [-0.4, -0.2) is 32.7 Å². The molecule has 0 radical (unpaired) electrons. The summed E-state index contributed by atoms with van der Waals surface area (Å²) in [6.07, 6.45) is 7.72. The lowest BCUT2D eigenvalue weighted by Gasteiger charge is -2.28. The van der Waals surface area contributed by atoms with Crippen molar-refractivity contribution in [1.82, 2.24) is 20.3 Å². The van der Waals surface area contributed by atoms with Gasteiger partial charge in [-0.2, -0.15) is 0 Å². The number of nitrogens with zero attached hydrogens (tertiary/aromatic N) is 4. The molecule has 3 rings (SSSR count). The Kier molecular flexibility index (Phi) is 3.99. The quantitative estimate of drug-likeness (QED) is 0.892. The van der Waals surface area contributed by atoms with Gasteiger partial charge in [0.2, 0.25) is 0 Å². The average molecular weight is 281 g/mol. The highest BCUT2D eigenvalue weighted by molar-refractivity contribution is 5.71. The zero-order valence-electron chi connectivity index (χ0n) is 11.2. The molecule has 6 heteroatoms. The molecule has 0 fully saturated rings. The van der Waals surface area contributed by atoms with Gasteiger partial charge in [0.25, 0.3) is 0 Å². The van der Waals surface area contributed by atoms with Crippen LogP contribution in [0.3, 0.4) is 0 Å². The Labute approximate surface area is 122 Å². The van der Waals surface area contributed by atoms with E-state index in [2.05, 4.69) is 20.3 Å². The van der Waals surface area contributed by atoms with Crippen molar-refractivity contribution in [2.24, 2.45) is 4.99 Å². The van der Waals surface area contributed by atoms with Gasteiger partial charge in [-0.15, -0.1) is 0 Å². The summed E-state index contributed by atoms with van der Waals surface area (Å²) in [5.41, 5.74) is 1.63. The van der Waals surface area contributed by atoms with E-state index in [1.165, 1.54) is 0 Å². The molecule has 3 heterocycles. The van der Waals surface area contributed by atoms with Crippen LogP contribution in [0.5, 0.6) is 0 Å². The predicted octanol–water partition coefficient (Wildman–Crippen LogP) is 1.73. The lowest BCUT2D eigenvalue weighted by atomic mass is 10.1. The Balaban J connectivity index is 1.90. The van der Waals surface area contributed by atoms with Gasteiger partial charge in [-0.25, -0.2) is 5.06 Å². The van der Waals surface area contributed by atoms with Crippen LogP contribution in [0, 0.1) is 0 Å². The number of nitrogens with one attached hydrogen (secondary N) is 1. The molecule has 0 aliphatic carbocycles. The Morgan fingerprint density at radius 3 is 2.24 bits per heavy atom. The fraction of sp³-hybridized carbons (Fsp3) is 0.133. The first-order valence-corrected chi connectivity index (χ1v) is 6.60. The third-order valence-corrected chi connectivity index (χ3v) is 3.09. The Morgan fingerprint density at radius 1 is 1.05 bits per heavy atom. The molecule has 2 aromatic heterocycles. The summed E-state index contributed by atoms with van der Waals surface area (Å²) in [5, 5.41) is 14.1. The molecule has 106 valence electrons. The zero-order valence-corrected chi connectivity index (χ0v) is 11.2. The second-order valence-corrected chi connectivity index (χ2v) is 4.50. The molecule has 2 aromatic rings. The summed E-state index contributed by atoms with van der Waals surface area (Å²) in [4.78, 5) is 12.9. The van der Waals surface area contributed by atoms with E-state index >= 15 is 0 Å². The number of hydroxylamine groups is 2. The zero-order chi connectivity index (χ0) is 14.5. The van der Waals surface area contributed by atoms with Crippen molar-refractivity contribution in [1.29, 1.82) is 0 Å². The summed E-state index contributed by atoms with van der Waals surface area (Å²) in [5.74, 6) is 0. The van der Waals surface area contributed by atoms with Crippen molar-refractivity contribution in [3.63, 3.8) is 0 Å². The van der Waals surface area contributed by atoms with E-state index in [0.717, 1.165) is 16.5 Å². The average Bonchev–Trinajstić information content (AvgIpc) is 2.56. The molecule has 0 saturated heterocycles. The van der Waals surface area contributed by atoms with Crippen LogP contribution in [0.4, 0.5) is 0 Å². The topological polar surface area (TPSA) is 73.6 Å². The summed E-state index contributed by atoms with van der Waals surface area (Å²) in [6, 6.07) is 11.1. The Bertz CT molecular complexity index is 590. The van der Waals surface area contributed by atoms with Crippen LogP contribution >= 0.6 is 0 Å². The van der Waals surface area contributed by atoms with Gasteiger partial charge in [0, 0.05) is 24.8 Å². The maximum Gasteiger partial charge on any atom is 0.199 e. The van der Waals surface area contributed by atoms with Crippen LogP contribution < -0.4 is 5.32 Å². The van der Waals surface area contributed by atoms with Gasteiger partial charge in [-0.05, 0) is 30.3 Å². The van der Waals surface area contributed by atoms with E-state index in [9.17, 15) is 5.21 Å². The molecule has 0 saturated carbocycles. The van der Waals surface area contributed by atoms with Gasteiger partial charge < -0.3 is 0 Å². The number of pyridine rings is 2. The molecule has 1 aliphatic rings. The highest BCUT2D eigenvalue weighted by atomic mass is 16.5. The monoisotopic (exact) mass is 281 g/mol. The van der Waals surface area contributed by atoms with Crippen LogP contribution in [0.2, 0.25) is 0 Å². The minimum absolute atomic E-state index is 0.268. The molecule has 0 bridgehead atoms. The van der Waals surface area contributed by atoms with Crippen LogP contribution in [0.15, 0.2) is 66.1 Å². The standard InChI is InChI=1S/C15H15N5O/c21-20-11-5-10-18-15(20)19-14(12-6-1-3-8-16-12)13-7-2-4-9-17-13/h1-11,14-15,19,21H. The van der Waals surface area contributed by atoms with Crippen molar-refractivity contribution in [2.75, 3.05) is 0 Å². The molecule has 1 aliphatic heterocycles. The molecule has 1 unspecified atom stereocenters. The van der Waals surface area contributed by atoms with Crippen molar-refractivity contribution >= 4 is 6.21 Å². The molecular weight excluding hydrogens is 266 g/mol. The van der Waals surface area contributed by atoms with E-state index in [-0.39, 0.29) is 6.04 Å². The lowest BCUT2D eigenvalue weighted by molar-refractivity contribution is -0.0898. The van der Waals surface area contributed by atoms with Gasteiger partial charge in [0.15, 0.2) is 6.29 Å². The summed E-state index contributed by atoms with van der Waals surface area (Å²) >= 11 is 0. The largest absolute Gasteiger partial charge is 0.286 e. The maximum atomic E-state index is 9.84. The number of allylic oxidation sites excluding steroid dienone is 1. The summed E-state index contributed by atoms with van der Waals surface area (Å²) < 4.78 is 0. The van der Waals surface area contributed by atoms with E-state index in [0.29, 0.717) is 0 Å². The third-order valence-electron chi connectivity index (χ3n) is 3.09. The number of rotatable bonds is 4. The number of hydrogen-bond acceptors (Lipinski definition) is 6. The minimum atomic E-state index is -0.580. The summed E-state index contributed by atoms with van der Waals surface area (Å²) in [7, 11) is 0. The normalized spacial score (nSPS) is 17.4. The highest BCUT2D eigenvalue weighted by Crippen LogP contribution is 2.19. The summed E-state index contributed by atoms with van der Waals surface area (Å²) in [6.45, 7) is 0. The van der Waals surface area contributed by atoms with E-state index in [1.807, 2.05) is 36.4 Å². The SMILES string of the molecule is ON1C=CC=NC1NC(c1ccccn1)c1ccccn1. The van der Waals surface area contributed by atoms with Gasteiger partial charge in [0.1, 0.15) is 0 Å². The fourth-order valence-electron chi connectivity index (χ4n) is 2.09. The van der Waals surface area contributed by atoms with E-state index in [1.54, 1.807) is 30.9 Å². The molecule has 0 amide bonds. The van der Waals surface area contributed by atoms with Gasteiger partial charge in [-0.3, -0.25) is 25.5 Å². The first-order valence-electron chi connectivity index (χ1n) is 6.60. The van der Waals surface area contributed by atoms with Crippen LogP contribution in [-0.2, 0) is 0 Å². The van der Waals surface area contributed by atoms with E-state index in [4.69, 9.17) is 0 Å². The predicted molar refractivity (Wildman–Crippen MR) is 78.5 cm³/mol. The van der Waals surface area contributed by atoms with Crippen molar-refractivity contribution in [3.8, 4) is 0 Å². The van der Waals surface area contributed by atoms with Crippen molar-refractivity contribution in [2.45, 2.75) is 12.3 Å². The molecule has 2 N–H and O–H groups in total. The van der Waals surface area contributed by atoms with Crippen molar-refractivity contribution < 1.29 is 5.21 Å². The molecule has 21 heavy (non-hydrogen) atoms. The maximum absolute atomic E-state index is 9.84. The lowest BCUT2D eigenvalue weighted by Crippen LogP contribution is -2.43. The Hall–Kier alpha value is -2.57. The molecule has 1 atom stereocenters. The first kappa shape index (κ1) is 13.4. The van der Waals surface area contributed by atoms with Gasteiger partial charge >= 0.3 is 0 Å². The van der Waals surface area contributed by atoms with Crippen molar-refractivity contribution in [3.05, 3.63) is 72.5 Å². The van der Waals surface area contributed by atoms with Gasteiger partial charge in [0.05, 0.1) is 17.4 Å². The molecule has 6 nitrogen and oxygen atoms in total. The first-order chi connectivity index (χ1) is 10.3. The second-order valence-electron chi connectivity index (χ2n) is 4.50. The third kappa shape index (κ3) is 3.13. The molecular formula is C15H15N5O. The molecule has 0 spiro atoms. The highest BCUT2D eigenvalue weighted by Gasteiger charge is 2.23. The minimum Gasteiger partial charge on any atom is -0.286 e. The van der Waals surface area contributed by atoms with Crippen LogP contribution in [0.1, 0.15) is 17.4 Å². The molecule has 0 aromatic carbocycles. The second kappa shape index (κ2) is 6.25. The number of aromatic nitrogens is 2. The Morgan fingerprint density at radius 2 is 1.71 bits per heavy atom. The van der Waals surface area contributed by atoms with Gasteiger partial charge in [-0.1, -0.05) is 12.1 Å². The smallest absolute Gasteiger partial charge is 0.199 e. The fourth-order valence-corrected chi connectivity index (χ4v) is 2.09.